The van der Waals surface area contributed by atoms with Crippen molar-refractivity contribution in [2.75, 3.05) is 6.54 Å². The molecule has 0 radical (unpaired) electrons. The molecule has 0 rings (SSSR count). The summed E-state index contributed by atoms with van der Waals surface area (Å²) in [4.78, 5) is 34.3. The molecule has 0 saturated carbocycles. The Morgan fingerprint density at radius 2 is 1.81 bits per heavy atom. The number of aliphatic carboxylic acids is 1. The van der Waals surface area contributed by atoms with E-state index in [2.05, 4.69) is 10.6 Å². The smallest absolute Gasteiger partial charge is 0.408 e. The molecule has 0 aromatic heterocycles. The lowest BCUT2D eigenvalue weighted by molar-refractivity contribution is -0.137. The molecule has 0 aliphatic rings. The molecule has 1 unspecified atom stereocenters. The van der Waals surface area contributed by atoms with Gasteiger partial charge < -0.3 is 20.5 Å². The molecule has 7 heteroatoms. The maximum absolute atomic E-state index is 12.1. The van der Waals surface area contributed by atoms with E-state index in [1.54, 1.807) is 20.8 Å². The van der Waals surface area contributed by atoms with Crippen LogP contribution in [0, 0.1) is 5.92 Å². The monoisotopic (exact) mass is 302 g/mol. The summed E-state index contributed by atoms with van der Waals surface area (Å²) >= 11 is 0. The van der Waals surface area contributed by atoms with Gasteiger partial charge >= 0.3 is 12.1 Å². The topological polar surface area (TPSA) is 105 Å². The molecular formula is C14H26N2O5. The van der Waals surface area contributed by atoms with Crippen molar-refractivity contribution in [2.24, 2.45) is 5.92 Å². The fraction of sp³-hybridized carbons (Fsp3) is 0.786. The maximum atomic E-state index is 12.1. The van der Waals surface area contributed by atoms with Crippen LogP contribution in [-0.2, 0) is 14.3 Å². The lowest BCUT2D eigenvalue weighted by atomic mass is 9.98. The number of hydrogen-bond donors (Lipinski definition) is 3. The average molecular weight is 302 g/mol. The Bertz CT molecular complexity index is 376. The molecule has 2 amide bonds. The summed E-state index contributed by atoms with van der Waals surface area (Å²) in [6.07, 6.45) is -0.140. The molecule has 0 fully saturated rings. The number of carboxylic acids is 1. The number of carbonyl (C=O) groups is 3. The van der Waals surface area contributed by atoms with Crippen LogP contribution in [0.25, 0.3) is 0 Å². The molecule has 0 aliphatic heterocycles. The van der Waals surface area contributed by atoms with Gasteiger partial charge in [0.25, 0.3) is 0 Å². The van der Waals surface area contributed by atoms with E-state index in [1.807, 2.05) is 13.8 Å². The van der Waals surface area contributed by atoms with Crippen molar-refractivity contribution < 1.29 is 24.2 Å². The molecular weight excluding hydrogens is 276 g/mol. The van der Waals surface area contributed by atoms with Crippen LogP contribution in [-0.4, -0.2) is 41.3 Å². The first kappa shape index (κ1) is 19.2. The summed E-state index contributed by atoms with van der Waals surface area (Å²) in [6, 6.07) is -0.751. The number of rotatable bonds is 7. The average Bonchev–Trinajstić information content (AvgIpc) is 2.32. The zero-order valence-electron chi connectivity index (χ0n) is 13.4. The van der Waals surface area contributed by atoms with Gasteiger partial charge in [-0.2, -0.15) is 0 Å². The van der Waals surface area contributed by atoms with Crippen molar-refractivity contribution in [3.63, 3.8) is 0 Å². The van der Waals surface area contributed by atoms with Crippen molar-refractivity contribution in [3.8, 4) is 0 Å². The van der Waals surface area contributed by atoms with Crippen molar-refractivity contribution in [3.05, 3.63) is 0 Å². The van der Waals surface area contributed by atoms with E-state index in [-0.39, 0.29) is 18.9 Å². The van der Waals surface area contributed by atoms with E-state index < -0.39 is 29.6 Å². The lowest BCUT2D eigenvalue weighted by Gasteiger charge is -2.26. The second kappa shape index (κ2) is 8.49. The standard InChI is InChI=1S/C14H26N2O5/c1-6-9(2)11(12(19)15-8-7-10(17)18)16-13(20)21-14(3,4)5/h9,11H,6-8H2,1-5H3,(H,15,19)(H,16,20)(H,17,18)/t9?,11-/m0/s1. The number of carbonyl (C=O) groups excluding carboxylic acids is 2. The minimum absolute atomic E-state index is 0.0249. The van der Waals surface area contributed by atoms with Gasteiger partial charge in [-0.1, -0.05) is 20.3 Å². The van der Waals surface area contributed by atoms with Gasteiger partial charge in [-0.3, -0.25) is 9.59 Å². The van der Waals surface area contributed by atoms with Crippen molar-refractivity contribution in [1.29, 1.82) is 0 Å². The number of hydrogen-bond acceptors (Lipinski definition) is 4. The second-order valence-corrected chi connectivity index (χ2v) is 5.94. The van der Waals surface area contributed by atoms with E-state index in [0.29, 0.717) is 6.42 Å². The van der Waals surface area contributed by atoms with E-state index in [1.165, 1.54) is 0 Å². The van der Waals surface area contributed by atoms with Gasteiger partial charge in [0.05, 0.1) is 6.42 Å². The van der Waals surface area contributed by atoms with Crippen molar-refractivity contribution >= 4 is 18.0 Å². The Labute approximate surface area is 125 Å². The van der Waals surface area contributed by atoms with Gasteiger partial charge in [0.1, 0.15) is 11.6 Å². The van der Waals surface area contributed by atoms with Crippen molar-refractivity contribution in [2.45, 2.75) is 59.1 Å². The fourth-order valence-electron chi connectivity index (χ4n) is 1.54. The number of carboxylic acid groups (broad SMARTS) is 1. The van der Waals surface area contributed by atoms with Crippen LogP contribution in [0.5, 0.6) is 0 Å². The van der Waals surface area contributed by atoms with Gasteiger partial charge in [0.2, 0.25) is 5.91 Å². The predicted molar refractivity (Wildman–Crippen MR) is 77.9 cm³/mol. The molecule has 0 aromatic rings. The minimum Gasteiger partial charge on any atom is -0.481 e. The molecule has 7 nitrogen and oxygen atoms in total. The Kier molecular flexibility index (Phi) is 7.76. The van der Waals surface area contributed by atoms with Crippen molar-refractivity contribution in [1.82, 2.24) is 10.6 Å². The third-order valence-electron chi connectivity index (χ3n) is 2.81. The van der Waals surface area contributed by atoms with Crippen LogP contribution in [0.2, 0.25) is 0 Å². The van der Waals surface area contributed by atoms with Crippen LogP contribution in [0.3, 0.4) is 0 Å². The Hall–Kier alpha value is -1.79. The van der Waals surface area contributed by atoms with Gasteiger partial charge in [0, 0.05) is 6.54 Å². The van der Waals surface area contributed by atoms with Crippen LogP contribution in [0.4, 0.5) is 4.79 Å². The summed E-state index contributed by atoms with van der Waals surface area (Å²) in [6.45, 7) is 8.96. The van der Waals surface area contributed by atoms with Gasteiger partial charge in [0.15, 0.2) is 0 Å². The largest absolute Gasteiger partial charge is 0.481 e. The summed E-state index contributed by atoms with van der Waals surface area (Å²) < 4.78 is 5.13. The number of amides is 2. The third kappa shape index (κ3) is 8.88. The Balaban J connectivity index is 4.61. The van der Waals surface area contributed by atoms with Crippen LogP contribution in [0.1, 0.15) is 47.5 Å². The van der Waals surface area contributed by atoms with Gasteiger partial charge in [-0.15, -0.1) is 0 Å². The lowest BCUT2D eigenvalue weighted by Crippen LogP contribution is -2.51. The minimum atomic E-state index is -0.990. The molecule has 21 heavy (non-hydrogen) atoms. The molecule has 0 bridgehead atoms. The third-order valence-corrected chi connectivity index (χ3v) is 2.81. The molecule has 0 aliphatic carbocycles. The number of ether oxygens (including phenoxy) is 1. The van der Waals surface area contributed by atoms with E-state index in [4.69, 9.17) is 9.84 Å². The highest BCUT2D eigenvalue weighted by molar-refractivity contribution is 5.86. The van der Waals surface area contributed by atoms with Crippen LogP contribution in [0.15, 0.2) is 0 Å². The summed E-state index contributed by atoms with van der Waals surface area (Å²) in [5.41, 5.74) is -0.649. The zero-order valence-corrected chi connectivity index (χ0v) is 13.4. The highest BCUT2D eigenvalue weighted by Crippen LogP contribution is 2.11. The molecule has 0 aromatic carbocycles. The van der Waals surface area contributed by atoms with Crippen LogP contribution >= 0.6 is 0 Å². The highest BCUT2D eigenvalue weighted by atomic mass is 16.6. The summed E-state index contributed by atoms with van der Waals surface area (Å²) in [7, 11) is 0. The van der Waals surface area contributed by atoms with E-state index in [0.717, 1.165) is 0 Å². The first-order valence-electron chi connectivity index (χ1n) is 7.05. The first-order chi connectivity index (χ1) is 9.56. The quantitative estimate of drug-likeness (QED) is 0.661. The molecule has 2 atom stereocenters. The second-order valence-electron chi connectivity index (χ2n) is 5.94. The first-order valence-corrected chi connectivity index (χ1v) is 7.05. The Morgan fingerprint density at radius 3 is 2.24 bits per heavy atom. The normalized spacial score (nSPS) is 14.0. The van der Waals surface area contributed by atoms with Gasteiger partial charge in [-0.05, 0) is 26.7 Å². The fourth-order valence-corrected chi connectivity index (χ4v) is 1.54. The summed E-state index contributed by atoms with van der Waals surface area (Å²) in [5.74, 6) is -1.49. The molecule has 122 valence electrons. The number of nitrogens with one attached hydrogen (secondary N) is 2. The molecule has 3 N–H and O–H groups in total. The van der Waals surface area contributed by atoms with E-state index in [9.17, 15) is 14.4 Å². The zero-order chi connectivity index (χ0) is 16.6. The SMILES string of the molecule is CCC(C)[C@H](NC(=O)OC(C)(C)C)C(=O)NCCC(=O)O. The van der Waals surface area contributed by atoms with Crippen LogP contribution < -0.4 is 10.6 Å². The van der Waals surface area contributed by atoms with E-state index >= 15 is 0 Å². The highest BCUT2D eigenvalue weighted by Gasteiger charge is 2.28. The van der Waals surface area contributed by atoms with Gasteiger partial charge in [-0.25, -0.2) is 4.79 Å². The molecule has 0 heterocycles. The Morgan fingerprint density at radius 1 is 1.24 bits per heavy atom. The molecule has 0 saturated heterocycles. The maximum Gasteiger partial charge on any atom is 0.408 e. The molecule has 0 spiro atoms. The number of alkyl carbamates (subject to hydrolysis) is 1. The predicted octanol–water partition coefficient (Wildman–Crippen LogP) is 1.52. The summed E-state index contributed by atoms with van der Waals surface area (Å²) in [5, 5.41) is 13.6.